The summed E-state index contributed by atoms with van der Waals surface area (Å²) in [6.45, 7) is 17.0. The summed E-state index contributed by atoms with van der Waals surface area (Å²) in [4.78, 5) is 12.5. The van der Waals surface area contributed by atoms with Crippen molar-refractivity contribution in [2.75, 3.05) is 0 Å². The monoisotopic (exact) mass is 456 g/mol. The van der Waals surface area contributed by atoms with Gasteiger partial charge < -0.3 is 10.2 Å². The fraction of sp³-hybridized carbons (Fsp3) is 0.900. The predicted molar refractivity (Wildman–Crippen MR) is 133 cm³/mol. The van der Waals surface area contributed by atoms with E-state index in [-0.39, 0.29) is 22.5 Å². The number of carboxylic acid groups (broad SMARTS) is 1. The Labute approximate surface area is 201 Å². The molecule has 0 amide bonds. The SMILES string of the molecule is CC1(C)CC[C@]2(C)CC[C@]3(C)[C@H](CC[C@@H]4[C@@]5(C)CC=C(O)C(C)(C(=O)O)C5CC[C@]43C)[C@H]2C1. The molecule has 2 N–H and O–H groups in total. The molecule has 0 heterocycles. The Kier molecular flexibility index (Phi) is 4.90. The van der Waals surface area contributed by atoms with Crippen LogP contribution in [0.2, 0.25) is 0 Å². The second-order valence-electron chi connectivity index (χ2n) is 15.1. The number of rotatable bonds is 1. The highest BCUT2D eigenvalue weighted by atomic mass is 16.4. The standard InChI is InChI=1S/C30H48O3/c1-25(2)14-15-26(3)16-17-28(5)19(20(26)18-25)8-9-21-27(4)12-11-23(31)30(7,24(32)33)22(27)10-13-29(21,28)6/h11,19-22,31H,8-10,12-18H2,1-7H3,(H,32,33)/t19-,20-,21-,22?,26-,27-,28-,29-,30?/m1/s1. The number of carbonyl (C=O) groups is 1. The zero-order valence-electron chi connectivity index (χ0n) is 22.3. The summed E-state index contributed by atoms with van der Waals surface area (Å²) in [5.41, 5.74) is 0.316. The van der Waals surface area contributed by atoms with Crippen molar-refractivity contribution >= 4 is 5.97 Å². The third kappa shape index (κ3) is 2.83. The van der Waals surface area contributed by atoms with Gasteiger partial charge in [0.2, 0.25) is 0 Å². The fourth-order valence-corrected chi connectivity index (χ4v) is 10.9. The molecule has 0 aromatic heterocycles. The van der Waals surface area contributed by atoms with E-state index < -0.39 is 11.4 Å². The van der Waals surface area contributed by atoms with Crippen LogP contribution < -0.4 is 0 Å². The van der Waals surface area contributed by atoms with Gasteiger partial charge in [0.25, 0.3) is 0 Å². The molecule has 0 saturated heterocycles. The molecule has 5 aliphatic rings. The van der Waals surface area contributed by atoms with E-state index in [2.05, 4.69) is 41.5 Å². The third-order valence-electron chi connectivity index (χ3n) is 13.4. The van der Waals surface area contributed by atoms with Crippen LogP contribution in [-0.2, 0) is 4.79 Å². The van der Waals surface area contributed by atoms with Crippen molar-refractivity contribution in [3.05, 3.63) is 11.8 Å². The summed E-state index contributed by atoms with van der Waals surface area (Å²) < 4.78 is 0. The maximum atomic E-state index is 12.5. The quantitative estimate of drug-likeness (QED) is 0.420. The highest BCUT2D eigenvalue weighted by Crippen LogP contribution is 2.76. The van der Waals surface area contributed by atoms with Crippen LogP contribution in [0.15, 0.2) is 11.8 Å². The number of fused-ring (bicyclic) bond motifs is 7. The molecule has 2 unspecified atom stereocenters. The third-order valence-corrected chi connectivity index (χ3v) is 13.4. The first-order valence-corrected chi connectivity index (χ1v) is 13.8. The molecule has 5 rings (SSSR count). The van der Waals surface area contributed by atoms with E-state index in [1.165, 1.54) is 44.9 Å². The number of hydrogen-bond acceptors (Lipinski definition) is 2. The second kappa shape index (κ2) is 6.82. The van der Waals surface area contributed by atoms with Crippen LogP contribution in [0.5, 0.6) is 0 Å². The molecule has 3 heteroatoms. The van der Waals surface area contributed by atoms with Crippen molar-refractivity contribution in [2.45, 2.75) is 113 Å². The summed E-state index contributed by atoms with van der Waals surface area (Å²) in [6, 6.07) is 0. The maximum absolute atomic E-state index is 12.5. The lowest BCUT2D eigenvalue weighted by Crippen LogP contribution is -2.66. The second-order valence-corrected chi connectivity index (χ2v) is 15.1. The van der Waals surface area contributed by atoms with Gasteiger partial charge in [0.15, 0.2) is 0 Å². The van der Waals surface area contributed by atoms with Crippen LogP contribution in [0.3, 0.4) is 0 Å². The van der Waals surface area contributed by atoms with Gasteiger partial charge in [0, 0.05) is 0 Å². The van der Waals surface area contributed by atoms with Crippen molar-refractivity contribution in [2.24, 2.45) is 56.2 Å². The molecule has 3 nitrogen and oxygen atoms in total. The van der Waals surface area contributed by atoms with Gasteiger partial charge >= 0.3 is 5.97 Å². The van der Waals surface area contributed by atoms with Crippen molar-refractivity contribution in [1.82, 2.24) is 0 Å². The largest absolute Gasteiger partial charge is 0.511 e. The summed E-state index contributed by atoms with van der Waals surface area (Å²) in [5, 5.41) is 21.0. The van der Waals surface area contributed by atoms with Gasteiger partial charge in [-0.25, -0.2) is 0 Å². The minimum atomic E-state index is -1.15. The lowest BCUT2D eigenvalue weighted by molar-refractivity contribution is -0.238. The van der Waals surface area contributed by atoms with Crippen LogP contribution >= 0.6 is 0 Å². The van der Waals surface area contributed by atoms with Crippen LogP contribution in [0.1, 0.15) is 113 Å². The van der Waals surface area contributed by atoms with Crippen molar-refractivity contribution in [1.29, 1.82) is 0 Å². The Hall–Kier alpha value is -0.990. The molecule has 5 aliphatic carbocycles. The molecule has 9 atom stereocenters. The predicted octanol–water partition coefficient (Wildman–Crippen LogP) is 8.00. The molecular formula is C30H48O3. The molecule has 33 heavy (non-hydrogen) atoms. The van der Waals surface area contributed by atoms with Crippen LogP contribution in [0, 0.1) is 56.2 Å². The maximum Gasteiger partial charge on any atom is 0.317 e. The molecule has 4 saturated carbocycles. The number of aliphatic carboxylic acids is 1. The smallest absolute Gasteiger partial charge is 0.317 e. The fourth-order valence-electron chi connectivity index (χ4n) is 10.9. The lowest BCUT2D eigenvalue weighted by atomic mass is 9.32. The van der Waals surface area contributed by atoms with E-state index in [0.29, 0.717) is 22.2 Å². The Morgan fingerprint density at radius 1 is 0.818 bits per heavy atom. The molecule has 0 aliphatic heterocycles. The van der Waals surface area contributed by atoms with Crippen LogP contribution in [-0.4, -0.2) is 16.2 Å². The highest BCUT2D eigenvalue weighted by molar-refractivity contribution is 5.78. The number of allylic oxidation sites excluding steroid dienone is 1. The number of hydrogen-bond donors (Lipinski definition) is 2. The van der Waals surface area contributed by atoms with E-state index in [1.807, 2.05) is 6.08 Å². The molecule has 0 aromatic rings. The van der Waals surface area contributed by atoms with E-state index in [0.717, 1.165) is 31.1 Å². The Bertz CT molecular complexity index is 889. The summed E-state index contributed by atoms with van der Waals surface area (Å²) in [7, 11) is 0. The number of aliphatic hydroxyl groups is 1. The minimum Gasteiger partial charge on any atom is -0.511 e. The molecule has 0 spiro atoms. The van der Waals surface area contributed by atoms with Gasteiger partial charge in [-0.2, -0.15) is 0 Å². The topological polar surface area (TPSA) is 57.5 Å². The van der Waals surface area contributed by atoms with Gasteiger partial charge in [-0.05, 0) is 128 Å². The highest BCUT2D eigenvalue weighted by Gasteiger charge is 2.70. The van der Waals surface area contributed by atoms with Gasteiger partial charge in [0.1, 0.15) is 11.2 Å². The number of carboxylic acids is 1. The van der Waals surface area contributed by atoms with Gasteiger partial charge in [-0.1, -0.05) is 41.5 Å². The summed E-state index contributed by atoms with van der Waals surface area (Å²) >= 11 is 0. The van der Waals surface area contributed by atoms with E-state index in [1.54, 1.807) is 6.92 Å². The van der Waals surface area contributed by atoms with Crippen LogP contribution in [0.4, 0.5) is 0 Å². The van der Waals surface area contributed by atoms with E-state index >= 15 is 0 Å². The average Bonchev–Trinajstić information content (AvgIpc) is 2.72. The molecule has 0 aromatic carbocycles. The molecule has 186 valence electrons. The first-order chi connectivity index (χ1) is 15.1. The first-order valence-electron chi connectivity index (χ1n) is 13.8. The number of aliphatic hydroxyl groups excluding tert-OH is 1. The lowest BCUT2D eigenvalue weighted by Gasteiger charge is -2.73. The van der Waals surface area contributed by atoms with Crippen LogP contribution in [0.25, 0.3) is 0 Å². The molecule has 0 bridgehead atoms. The summed E-state index contributed by atoms with van der Waals surface area (Å²) in [6.07, 6.45) is 14.0. The van der Waals surface area contributed by atoms with Crippen molar-refractivity contribution in [3.8, 4) is 0 Å². The Balaban J connectivity index is 1.55. The normalized spacial score (nSPS) is 55.3. The van der Waals surface area contributed by atoms with Crippen molar-refractivity contribution in [3.63, 3.8) is 0 Å². The van der Waals surface area contributed by atoms with Gasteiger partial charge in [-0.3, -0.25) is 4.79 Å². The minimum absolute atomic E-state index is 0.00759. The van der Waals surface area contributed by atoms with Crippen molar-refractivity contribution < 1.29 is 15.0 Å². The zero-order chi connectivity index (χ0) is 24.2. The van der Waals surface area contributed by atoms with Gasteiger partial charge in [-0.15, -0.1) is 0 Å². The molecule has 0 radical (unpaired) electrons. The first kappa shape index (κ1) is 23.7. The van der Waals surface area contributed by atoms with Gasteiger partial charge in [0.05, 0.1) is 0 Å². The molecule has 4 fully saturated rings. The Morgan fingerprint density at radius 3 is 2.15 bits per heavy atom. The van der Waals surface area contributed by atoms with E-state index in [9.17, 15) is 15.0 Å². The van der Waals surface area contributed by atoms with E-state index in [4.69, 9.17) is 0 Å². The zero-order valence-corrected chi connectivity index (χ0v) is 22.3. The molecular weight excluding hydrogens is 408 g/mol. The Morgan fingerprint density at radius 2 is 1.48 bits per heavy atom. The summed E-state index contributed by atoms with van der Waals surface area (Å²) in [5.74, 6) is 1.38. The average molecular weight is 457 g/mol.